The smallest absolute Gasteiger partial charge is 0.251 e. The van der Waals surface area contributed by atoms with Gasteiger partial charge in [-0.1, -0.05) is 5.16 Å². The van der Waals surface area contributed by atoms with Gasteiger partial charge in [-0.25, -0.2) is 8.78 Å². The van der Waals surface area contributed by atoms with Crippen LogP contribution < -0.4 is 5.73 Å². The van der Waals surface area contributed by atoms with Crippen molar-refractivity contribution in [2.75, 3.05) is 13.6 Å². The van der Waals surface area contributed by atoms with Crippen LogP contribution in [0.4, 0.5) is 8.78 Å². The van der Waals surface area contributed by atoms with Gasteiger partial charge in [-0.15, -0.1) is 0 Å². The quantitative estimate of drug-likeness (QED) is 0.821. The molecule has 0 amide bonds. The summed E-state index contributed by atoms with van der Waals surface area (Å²) in [7, 11) is 1.56. The molecule has 0 aromatic carbocycles. The van der Waals surface area contributed by atoms with Crippen LogP contribution in [0.5, 0.6) is 0 Å². The Morgan fingerprint density at radius 1 is 1.50 bits per heavy atom. The van der Waals surface area contributed by atoms with E-state index in [1.54, 1.807) is 20.9 Å². The molecule has 0 aliphatic carbocycles. The monoisotopic (exact) mass is 234 g/mol. The molecule has 0 saturated carbocycles. The fraction of sp³-hybridized carbons (Fsp3) is 0.778. The average Bonchev–Trinajstić information content (AvgIpc) is 2.49. The maximum atomic E-state index is 12.1. The Morgan fingerprint density at radius 2 is 2.12 bits per heavy atom. The van der Waals surface area contributed by atoms with Gasteiger partial charge in [0.05, 0.1) is 18.6 Å². The van der Waals surface area contributed by atoms with Crippen LogP contribution in [0, 0.1) is 0 Å². The second-order valence-electron chi connectivity index (χ2n) is 4.32. The predicted molar refractivity (Wildman–Crippen MR) is 53.8 cm³/mol. The van der Waals surface area contributed by atoms with Crippen molar-refractivity contribution in [3.8, 4) is 0 Å². The van der Waals surface area contributed by atoms with Gasteiger partial charge in [-0.3, -0.25) is 4.90 Å². The van der Waals surface area contributed by atoms with Crippen molar-refractivity contribution in [1.82, 2.24) is 15.0 Å². The molecule has 0 aliphatic heterocycles. The largest absolute Gasteiger partial charge is 0.338 e. The summed E-state index contributed by atoms with van der Waals surface area (Å²) < 4.78 is 29.0. The second-order valence-corrected chi connectivity index (χ2v) is 4.32. The number of rotatable bonds is 5. The predicted octanol–water partition coefficient (Wildman–Crippen LogP) is 0.960. The zero-order valence-corrected chi connectivity index (χ0v) is 9.57. The van der Waals surface area contributed by atoms with E-state index in [1.807, 2.05) is 0 Å². The van der Waals surface area contributed by atoms with Crippen molar-refractivity contribution < 1.29 is 13.3 Å². The average molecular weight is 234 g/mol. The van der Waals surface area contributed by atoms with Crippen molar-refractivity contribution in [1.29, 1.82) is 0 Å². The maximum absolute atomic E-state index is 12.1. The lowest BCUT2D eigenvalue weighted by Crippen LogP contribution is -2.30. The Hall–Kier alpha value is -1.08. The highest BCUT2D eigenvalue weighted by molar-refractivity contribution is 4.98. The van der Waals surface area contributed by atoms with Gasteiger partial charge in [0.2, 0.25) is 5.89 Å². The molecule has 7 heteroatoms. The van der Waals surface area contributed by atoms with Gasteiger partial charge >= 0.3 is 0 Å². The molecule has 16 heavy (non-hydrogen) atoms. The van der Waals surface area contributed by atoms with Crippen molar-refractivity contribution in [3.63, 3.8) is 0 Å². The van der Waals surface area contributed by atoms with Gasteiger partial charge in [-0.05, 0) is 20.9 Å². The molecule has 0 spiro atoms. The number of nitrogens with zero attached hydrogens (tertiary/aromatic N) is 3. The van der Waals surface area contributed by atoms with E-state index in [2.05, 4.69) is 10.1 Å². The van der Waals surface area contributed by atoms with Crippen LogP contribution in [0.15, 0.2) is 4.52 Å². The molecular weight excluding hydrogens is 218 g/mol. The van der Waals surface area contributed by atoms with E-state index in [-0.39, 0.29) is 19.0 Å². The zero-order valence-electron chi connectivity index (χ0n) is 9.57. The van der Waals surface area contributed by atoms with Crippen LogP contribution >= 0.6 is 0 Å². The topological polar surface area (TPSA) is 68.2 Å². The molecule has 0 fully saturated rings. The van der Waals surface area contributed by atoms with Gasteiger partial charge in [0.25, 0.3) is 6.43 Å². The van der Waals surface area contributed by atoms with Crippen LogP contribution in [0.3, 0.4) is 0 Å². The summed E-state index contributed by atoms with van der Waals surface area (Å²) >= 11 is 0. The molecule has 5 nitrogen and oxygen atoms in total. The first-order chi connectivity index (χ1) is 7.29. The van der Waals surface area contributed by atoms with Crippen LogP contribution in [-0.4, -0.2) is 35.1 Å². The maximum Gasteiger partial charge on any atom is 0.251 e. The summed E-state index contributed by atoms with van der Waals surface area (Å²) in [5.74, 6) is 0.657. The summed E-state index contributed by atoms with van der Waals surface area (Å²) in [6.07, 6.45) is -2.38. The van der Waals surface area contributed by atoms with Gasteiger partial charge in [0, 0.05) is 0 Å². The highest BCUT2D eigenvalue weighted by Gasteiger charge is 2.22. The Morgan fingerprint density at radius 3 is 2.56 bits per heavy atom. The molecule has 2 N–H and O–H groups in total. The fourth-order valence-electron chi connectivity index (χ4n) is 1.11. The van der Waals surface area contributed by atoms with Crippen LogP contribution in [0.2, 0.25) is 0 Å². The highest BCUT2D eigenvalue weighted by Crippen LogP contribution is 2.13. The summed E-state index contributed by atoms with van der Waals surface area (Å²) in [5, 5.41) is 3.69. The third kappa shape index (κ3) is 3.82. The Bertz CT molecular complexity index is 334. The lowest BCUT2D eigenvalue weighted by atomic mass is 10.1. The van der Waals surface area contributed by atoms with E-state index in [0.717, 1.165) is 0 Å². The van der Waals surface area contributed by atoms with Crippen molar-refractivity contribution in [2.24, 2.45) is 5.73 Å². The van der Waals surface area contributed by atoms with Crippen LogP contribution in [0.1, 0.15) is 25.6 Å². The third-order valence-corrected chi connectivity index (χ3v) is 1.90. The molecule has 0 radical (unpaired) electrons. The summed E-state index contributed by atoms with van der Waals surface area (Å²) in [4.78, 5) is 5.45. The third-order valence-electron chi connectivity index (χ3n) is 1.90. The first-order valence-electron chi connectivity index (χ1n) is 4.87. The standard InChI is InChI=1S/C9H16F2N4O/c1-9(2,12)8-13-7(16-14-8)5-15(3)4-6(10)11/h6H,4-5,12H2,1-3H3. The number of nitrogens with two attached hydrogens (primary N) is 1. The molecule has 0 saturated heterocycles. The van der Waals surface area contributed by atoms with Crippen LogP contribution in [0.25, 0.3) is 0 Å². The molecule has 1 aromatic rings. The van der Waals surface area contributed by atoms with Gasteiger partial charge in [-0.2, -0.15) is 4.98 Å². The molecular formula is C9H16F2N4O. The first kappa shape index (κ1) is 13.0. The lowest BCUT2D eigenvalue weighted by Gasteiger charge is -2.13. The number of hydrogen-bond donors (Lipinski definition) is 1. The molecule has 1 heterocycles. The van der Waals surface area contributed by atoms with E-state index in [0.29, 0.717) is 5.82 Å². The Labute approximate surface area is 92.6 Å². The van der Waals surface area contributed by atoms with E-state index >= 15 is 0 Å². The molecule has 0 bridgehead atoms. The molecule has 1 rings (SSSR count). The van der Waals surface area contributed by atoms with E-state index < -0.39 is 12.0 Å². The molecule has 0 aliphatic rings. The first-order valence-corrected chi connectivity index (χ1v) is 4.87. The van der Waals surface area contributed by atoms with E-state index in [4.69, 9.17) is 10.3 Å². The zero-order chi connectivity index (χ0) is 12.3. The van der Waals surface area contributed by atoms with Gasteiger partial charge in [0.1, 0.15) is 0 Å². The fourth-order valence-corrected chi connectivity index (χ4v) is 1.11. The summed E-state index contributed by atoms with van der Waals surface area (Å²) in [6, 6.07) is 0. The van der Waals surface area contributed by atoms with Crippen molar-refractivity contribution >= 4 is 0 Å². The Kier molecular flexibility index (Phi) is 3.93. The van der Waals surface area contributed by atoms with Gasteiger partial charge < -0.3 is 10.3 Å². The van der Waals surface area contributed by atoms with E-state index in [1.165, 1.54) is 4.90 Å². The Balaban J connectivity index is 2.59. The lowest BCUT2D eigenvalue weighted by molar-refractivity contribution is 0.0927. The minimum absolute atomic E-state index is 0.188. The molecule has 0 unspecified atom stereocenters. The summed E-state index contributed by atoms with van der Waals surface area (Å²) in [5.41, 5.74) is 5.07. The molecule has 0 atom stereocenters. The number of alkyl halides is 2. The number of hydrogen-bond acceptors (Lipinski definition) is 5. The van der Waals surface area contributed by atoms with Crippen LogP contribution in [-0.2, 0) is 12.1 Å². The number of halogens is 2. The molecule has 1 aromatic heterocycles. The van der Waals surface area contributed by atoms with Crippen molar-refractivity contribution in [2.45, 2.75) is 32.4 Å². The highest BCUT2D eigenvalue weighted by atomic mass is 19.3. The second kappa shape index (κ2) is 4.84. The minimum atomic E-state index is -2.38. The van der Waals surface area contributed by atoms with Gasteiger partial charge in [0.15, 0.2) is 5.82 Å². The summed E-state index contributed by atoms with van der Waals surface area (Å²) in [6.45, 7) is 3.34. The SMILES string of the molecule is CN(Cc1nc(C(C)(C)N)no1)CC(F)F. The minimum Gasteiger partial charge on any atom is -0.338 e. The number of aromatic nitrogens is 2. The van der Waals surface area contributed by atoms with Crippen molar-refractivity contribution in [3.05, 3.63) is 11.7 Å². The van der Waals surface area contributed by atoms with E-state index in [9.17, 15) is 8.78 Å². The normalized spacial score (nSPS) is 12.8. The molecule has 92 valence electrons.